The fraction of sp³-hybridized carbons (Fsp3) is 0.500. The van der Waals surface area contributed by atoms with E-state index in [-0.39, 0.29) is 18.9 Å². The molecule has 0 saturated heterocycles. The topological polar surface area (TPSA) is 151 Å². The van der Waals surface area contributed by atoms with Gasteiger partial charge in [0.15, 0.2) is 0 Å². The van der Waals surface area contributed by atoms with Gasteiger partial charge in [-0.3, -0.25) is 19.2 Å². The van der Waals surface area contributed by atoms with Crippen molar-refractivity contribution in [2.24, 2.45) is 11.7 Å². The molecule has 0 spiro atoms. The molecule has 0 radical (unpaired) electrons. The largest absolute Gasteiger partial charge is 0.480 e. The lowest BCUT2D eigenvalue weighted by Gasteiger charge is -2.21. The van der Waals surface area contributed by atoms with Gasteiger partial charge in [0.05, 0.1) is 12.6 Å². The number of nitrogens with one attached hydrogen (secondary N) is 3. The lowest BCUT2D eigenvalue weighted by molar-refractivity contribution is -0.141. The van der Waals surface area contributed by atoms with Crippen molar-refractivity contribution < 1.29 is 24.3 Å². The van der Waals surface area contributed by atoms with E-state index >= 15 is 0 Å². The number of carbonyl (C=O) groups excluding carboxylic acids is 3. The lowest BCUT2D eigenvalue weighted by Crippen LogP contribution is -2.54. The quantitative estimate of drug-likeness (QED) is 0.343. The minimum Gasteiger partial charge on any atom is -0.480 e. The second-order valence-corrected chi connectivity index (χ2v) is 7.01. The van der Waals surface area contributed by atoms with Crippen LogP contribution >= 0.6 is 0 Å². The van der Waals surface area contributed by atoms with Crippen LogP contribution in [0.2, 0.25) is 0 Å². The van der Waals surface area contributed by atoms with E-state index in [4.69, 9.17) is 10.8 Å². The molecule has 4 atom stereocenters. The molecule has 0 saturated carbocycles. The van der Waals surface area contributed by atoms with Crippen molar-refractivity contribution in [1.29, 1.82) is 0 Å². The first-order chi connectivity index (χ1) is 13.6. The molecule has 1 rings (SSSR count). The second kappa shape index (κ2) is 11.8. The number of rotatable bonds is 11. The Labute approximate surface area is 170 Å². The van der Waals surface area contributed by atoms with Gasteiger partial charge in [-0.2, -0.15) is 0 Å². The predicted octanol–water partition coefficient (Wildman–Crippen LogP) is -0.207. The number of hydrogen-bond acceptors (Lipinski definition) is 5. The van der Waals surface area contributed by atoms with Gasteiger partial charge >= 0.3 is 5.97 Å². The Bertz CT molecular complexity index is 710. The molecule has 6 N–H and O–H groups in total. The molecule has 0 heterocycles. The molecule has 4 unspecified atom stereocenters. The molecule has 1 aromatic carbocycles. The molecule has 0 aliphatic rings. The summed E-state index contributed by atoms with van der Waals surface area (Å²) in [6.07, 6.45) is 0.896. The van der Waals surface area contributed by atoms with Gasteiger partial charge in [-0.25, -0.2) is 0 Å². The van der Waals surface area contributed by atoms with Gasteiger partial charge in [-0.05, 0) is 18.4 Å². The first kappa shape index (κ1) is 24.1. The van der Waals surface area contributed by atoms with Crippen LogP contribution in [0.3, 0.4) is 0 Å². The number of carboxylic acids is 1. The van der Waals surface area contributed by atoms with Crippen molar-refractivity contribution in [1.82, 2.24) is 16.0 Å². The number of carboxylic acid groups (broad SMARTS) is 1. The second-order valence-electron chi connectivity index (χ2n) is 7.01. The molecule has 0 aromatic heterocycles. The average molecular weight is 406 g/mol. The fourth-order valence-electron chi connectivity index (χ4n) is 2.48. The Morgan fingerprint density at radius 1 is 1.03 bits per heavy atom. The highest BCUT2D eigenvalue weighted by molar-refractivity contribution is 5.92. The van der Waals surface area contributed by atoms with Crippen molar-refractivity contribution in [3.63, 3.8) is 0 Å². The van der Waals surface area contributed by atoms with Crippen LogP contribution in [0.25, 0.3) is 0 Å². The summed E-state index contributed by atoms with van der Waals surface area (Å²) in [4.78, 5) is 47.8. The molecule has 1 aromatic rings. The third kappa shape index (κ3) is 8.30. The van der Waals surface area contributed by atoms with E-state index in [2.05, 4.69) is 16.0 Å². The Balaban J connectivity index is 2.74. The van der Waals surface area contributed by atoms with Crippen molar-refractivity contribution >= 4 is 23.7 Å². The SMILES string of the molecule is CCC(C)C(N)C(=O)NCC(=O)NC(Cc1ccccc1)C(=O)NC(C)C(=O)O. The molecule has 9 nitrogen and oxygen atoms in total. The zero-order valence-electron chi connectivity index (χ0n) is 17.0. The molecule has 160 valence electrons. The summed E-state index contributed by atoms with van der Waals surface area (Å²) in [6.45, 7) is 4.75. The fourth-order valence-corrected chi connectivity index (χ4v) is 2.48. The van der Waals surface area contributed by atoms with Crippen LogP contribution in [0.15, 0.2) is 30.3 Å². The highest BCUT2D eigenvalue weighted by Crippen LogP contribution is 2.05. The molecule has 0 aliphatic carbocycles. The van der Waals surface area contributed by atoms with E-state index in [9.17, 15) is 19.2 Å². The van der Waals surface area contributed by atoms with Gasteiger partial charge in [0.25, 0.3) is 0 Å². The zero-order valence-corrected chi connectivity index (χ0v) is 17.0. The van der Waals surface area contributed by atoms with Gasteiger partial charge in [-0.15, -0.1) is 0 Å². The van der Waals surface area contributed by atoms with Gasteiger partial charge in [0, 0.05) is 6.42 Å². The van der Waals surface area contributed by atoms with E-state index in [0.717, 1.165) is 12.0 Å². The Morgan fingerprint density at radius 2 is 1.66 bits per heavy atom. The van der Waals surface area contributed by atoms with E-state index in [1.807, 2.05) is 19.9 Å². The van der Waals surface area contributed by atoms with Gasteiger partial charge < -0.3 is 26.8 Å². The Morgan fingerprint density at radius 3 is 2.21 bits per heavy atom. The van der Waals surface area contributed by atoms with Crippen LogP contribution < -0.4 is 21.7 Å². The maximum Gasteiger partial charge on any atom is 0.325 e. The number of amides is 3. The first-order valence-electron chi connectivity index (χ1n) is 9.55. The van der Waals surface area contributed by atoms with Crippen LogP contribution in [0.5, 0.6) is 0 Å². The van der Waals surface area contributed by atoms with Crippen LogP contribution in [-0.2, 0) is 25.6 Å². The lowest BCUT2D eigenvalue weighted by atomic mass is 9.99. The van der Waals surface area contributed by atoms with Gasteiger partial charge in [0.2, 0.25) is 17.7 Å². The average Bonchev–Trinajstić information content (AvgIpc) is 2.70. The molecule has 0 fully saturated rings. The third-order valence-electron chi connectivity index (χ3n) is 4.65. The number of hydrogen-bond donors (Lipinski definition) is 5. The normalized spacial score (nSPS) is 14.8. The first-order valence-corrected chi connectivity index (χ1v) is 9.55. The molecule has 0 bridgehead atoms. The zero-order chi connectivity index (χ0) is 22.0. The summed E-state index contributed by atoms with van der Waals surface area (Å²) in [5.74, 6) is -2.87. The monoisotopic (exact) mass is 406 g/mol. The Hall–Kier alpha value is -2.94. The molecule has 0 aliphatic heterocycles. The number of aliphatic carboxylic acids is 1. The van der Waals surface area contributed by atoms with Crippen LogP contribution in [0.1, 0.15) is 32.8 Å². The smallest absolute Gasteiger partial charge is 0.325 e. The Kier molecular flexibility index (Phi) is 9.81. The van der Waals surface area contributed by atoms with Gasteiger partial charge in [-0.1, -0.05) is 50.6 Å². The van der Waals surface area contributed by atoms with Gasteiger partial charge in [0.1, 0.15) is 12.1 Å². The van der Waals surface area contributed by atoms with Crippen molar-refractivity contribution in [2.75, 3.05) is 6.54 Å². The molecular weight excluding hydrogens is 376 g/mol. The summed E-state index contributed by atoms with van der Waals surface area (Å²) < 4.78 is 0. The van der Waals surface area contributed by atoms with Crippen molar-refractivity contribution in [3.05, 3.63) is 35.9 Å². The van der Waals surface area contributed by atoms with Crippen LogP contribution in [0.4, 0.5) is 0 Å². The third-order valence-corrected chi connectivity index (χ3v) is 4.65. The summed E-state index contributed by atoms with van der Waals surface area (Å²) >= 11 is 0. The number of benzene rings is 1. The molecule has 9 heteroatoms. The van der Waals surface area contributed by atoms with Crippen LogP contribution in [-0.4, -0.2) is 53.5 Å². The minimum absolute atomic E-state index is 0.0350. The highest BCUT2D eigenvalue weighted by Gasteiger charge is 2.25. The highest BCUT2D eigenvalue weighted by atomic mass is 16.4. The number of nitrogens with two attached hydrogens (primary N) is 1. The summed E-state index contributed by atoms with van der Waals surface area (Å²) in [7, 11) is 0. The summed E-state index contributed by atoms with van der Waals surface area (Å²) in [5.41, 5.74) is 6.62. The summed E-state index contributed by atoms with van der Waals surface area (Å²) in [6, 6.07) is 6.16. The molecular formula is C20H30N4O5. The summed E-state index contributed by atoms with van der Waals surface area (Å²) in [5, 5.41) is 16.3. The maximum atomic E-state index is 12.5. The van der Waals surface area contributed by atoms with Crippen molar-refractivity contribution in [3.8, 4) is 0 Å². The number of carbonyl (C=O) groups is 4. The van der Waals surface area contributed by atoms with E-state index in [0.29, 0.717) is 0 Å². The molecule has 29 heavy (non-hydrogen) atoms. The van der Waals surface area contributed by atoms with Crippen molar-refractivity contribution in [2.45, 2.75) is 51.7 Å². The minimum atomic E-state index is -1.19. The standard InChI is InChI=1S/C20H30N4O5/c1-4-12(2)17(21)19(27)22-11-16(25)24-15(10-14-8-6-5-7-9-14)18(26)23-13(3)20(28)29/h5-9,12-13,15,17H,4,10-11,21H2,1-3H3,(H,22,27)(H,23,26)(H,24,25)(H,28,29). The predicted molar refractivity (Wildman–Crippen MR) is 108 cm³/mol. The van der Waals surface area contributed by atoms with Crippen LogP contribution in [0, 0.1) is 5.92 Å². The maximum absolute atomic E-state index is 12.5. The van der Waals surface area contributed by atoms with E-state index in [1.165, 1.54) is 6.92 Å². The van der Waals surface area contributed by atoms with E-state index < -0.39 is 41.8 Å². The molecule has 3 amide bonds. The van der Waals surface area contributed by atoms with E-state index in [1.54, 1.807) is 24.3 Å².